The topological polar surface area (TPSA) is 84.4 Å². The SMILES string of the molecule is C/C=C\C=C/Cc1noc(C)c1CNC(C)CN(CCC)c1ccc([N+](=O)[O-])cc1Cl. The smallest absolute Gasteiger partial charge is 0.271 e. The molecule has 0 amide bonds. The van der Waals surface area contributed by atoms with Gasteiger partial charge in [0.2, 0.25) is 0 Å². The first-order valence-corrected chi connectivity index (χ1v) is 10.9. The van der Waals surface area contributed by atoms with Gasteiger partial charge in [0.15, 0.2) is 0 Å². The Hall–Kier alpha value is -2.64. The van der Waals surface area contributed by atoms with E-state index in [-0.39, 0.29) is 11.7 Å². The summed E-state index contributed by atoms with van der Waals surface area (Å²) in [5, 5.41) is 19.1. The van der Waals surface area contributed by atoms with Crippen LogP contribution in [-0.2, 0) is 13.0 Å². The van der Waals surface area contributed by atoms with E-state index in [4.69, 9.17) is 16.1 Å². The maximum absolute atomic E-state index is 11.0. The van der Waals surface area contributed by atoms with Gasteiger partial charge < -0.3 is 14.7 Å². The normalized spacial score (nSPS) is 12.7. The molecule has 1 aromatic heterocycles. The van der Waals surface area contributed by atoms with Gasteiger partial charge in [0.05, 0.1) is 21.3 Å². The highest BCUT2D eigenvalue weighted by atomic mass is 35.5. The number of nitrogens with zero attached hydrogens (tertiary/aromatic N) is 3. The molecule has 8 heteroatoms. The molecule has 0 aliphatic heterocycles. The van der Waals surface area contributed by atoms with Gasteiger partial charge in [-0.2, -0.15) is 0 Å². The molecule has 0 fully saturated rings. The summed E-state index contributed by atoms with van der Waals surface area (Å²) < 4.78 is 5.40. The Morgan fingerprint density at radius 1 is 1.39 bits per heavy atom. The van der Waals surface area contributed by atoms with Gasteiger partial charge >= 0.3 is 0 Å². The number of nitrogens with one attached hydrogen (secondary N) is 1. The maximum Gasteiger partial charge on any atom is 0.271 e. The van der Waals surface area contributed by atoms with Crippen LogP contribution in [-0.4, -0.2) is 29.2 Å². The monoisotopic (exact) mass is 446 g/mol. The number of aryl methyl sites for hydroxylation is 1. The lowest BCUT2D eigenvalue weighted by molar-refractivity contribution is -0.384. The molecule has 0 spiro atoms. The van der Waals surface area contributed by atoms with Crippen molar-refractivity contribution in [2.45, 2.75) is 53.1 Å². The molecule has 1 aromatic carbocycles. The van der Waals surface area contributed by atoms with Crippen molar-refractivity contribution in [3.8, 4) is 0 Å². The number of rotatable bonds is 12. The van der Waals surface area contributed by atoms with Crippen molar-refractivity contribution in [1.82, 2.24) is 10.5 Å². The highest BCUT2D eigenvalue weighted by Crippen LogP contribution is 2.30. The molecule has 2 aromatic rings. The molecule has 2 rings (SSSR count). The van der Waals surface area contributed by atoms with Gasteiger partial charge in [-0.05, 0) is 33.3 Å². The first-order valence-electron chi connectivity index (χ1n) is 10.5. The second-order valence-electron chi connectivity index (χ2n) is 7.44. The number of nitro benzene ring substituents is 1. The number of hydrogen-bond donors (Lipinski definition) is 1. The predicted octanol–water partition coefficient (Wildman–Crippen LogP) is 5.61. The Morgan fingerprint density at radius 2 is 2.16 bits per heavy atom. The summed E-state index contributed by atoms with van der Waals surface area (Å²) in [6.45, 7) is 10.3. The molecule has 1 unspecified atom stereocenters. The van der Waals surface area contributed by atoms with Gasteiger partial charge in [-0.1, -0.05) is 48.0 Å². The summed E-state index contributed by atoms with van der Waals surface area (Å²) in [5.74, 6) is 0.818. The van der Waals surface area contributed by atoms with Crippen LogP contribution in [0.25, 0.3) is 0 Å². The fourth-order valence-electron chi connectivity index (χ4n) is 3.31. The van der Waals surface area contributed by atoms with Crippen molar-refractivity contribution in [3.63, 3.8) is 0 Å². The summed E-state index contributed by atoms with van der Waals surface area (Å²) in [6, 6.07) is 4.78. The van der Waals surface area contributed by atoms with E-state index >= 15 is 0 Å². The van der Waals surface area contributed by atoms with Crippen molar-refractivity contribution >= 4 is 23.0 Å². The number of anilines is 1. The molecule has 1 heterocycles. The van der Waals surface area contributed by atoms with Crippen LogP contribution in [0.3, 0.4) is 0 Å². The van der Waals surface area contributed by atoms with Crippen LogP contribution in [0.5, 0.6) is 0 Å². The summed E-state index contributed by atoms with van der Waals surface area (Å²) in [4.78, 5) is 12.7. The van der Waals surface area contributed by atoms with Crippen LogP contribution in [0.1, 0.15) is 44.2 Å². The second kappa shape index (κ2) is 12.3. The zero-order valence-corrected chi connectivity index (χ0v) is 19.4. The highest BCUT2D eigenvalue weighted by Gasteiger charge is 2.18. The molecule has 0 saturated heterocycles. The van der Waals surface area contributed by atoms with Crippen molar-refractivity contribution in [3.05, 3.63) is 74.7 Å². The lowest BCUT2D eigenvalue weighted by Crippen LogP contribution is -2.39. The minimum absolute atomic E-state index is 0.00434. The Balaban J connectivity index is 2.04. The van der Waals surface area contributed by atoms with Crippen LogP contribution in [0.2, 0.25) is 5.02 Å². The number of hydrogen-bond acceptors (Lipinski definition) is 6. The minimum Gasteiger partial charge on any atom is -0.369 e. The standard InChI is InChI=1S/C23H31ClN4O3/c1-5-7-8-9-10-22-20(18(4)31-26-22)15-25-17(3)16-27(13-6-2)23-12-11-19(28(29)30)14-21(23)24/h5,7-9,11-12,14,17,25H,6,10,13,15-16H2,1-4H3/b7-5-,9-8-. The molecular weight excluding hydrogens is 416 g/mol. The van der Waals surface area contributed by atoms with Gasteiger partial charge in [0.25, 0.3) is 5.69 Å². The van der Waals surface area contributed by atoms with Gasteiger partial charge in [-0.15, -0.1) is 0 Å². The highest BCUT2D eigenvalue weighted by molar-refractivity contribution is 6.33. The van der Waals surface area contributed by atoms with Gasteiger partial charge in [0, 0.05) is 49.8 Å². The minimum atomic E-state index is -0.434. The lowest BCUT2D eigenvalue weighted by atomic mass is 10.1. The van der Waals surface area contributed by atoms with E-state index in [0.717, 1.165) is 35.7 Å². The molecule has 0 bridgehead atoms. The zero-order valence-electron chi connectivity index (χ0n) is 18.6. The van der Waals surface area contributed by atoms with Crippen LogP contribution < -0.4 is 10.2 Å². The largest absolute Gasteiger partial charge is 0.369 e. The Bertz CT molecular complexity index is 924. The number of benzene rings is 1. The summed E-state index contributed by atoms with van der Waals surface area (Å²) in [6.07, 6.45) is 9.68. The molecule has 0 aliphatic rings. The van der Waals surface area contributed by atoms with Gasteiger partial charge in [0.1, 0.15) is 5.76 Å². The van der Waals surface area contributed by atoms with E-state index < -0.39 is 4.92 Å². The molecule has 0 saturated carbocycles. The first kappa shape index (κ1) is 24.6. The molecule has 168 valence electrons. The average Bonchev–Trinajstić information content (AvgIpc) is 3.08. The lowest BCUT2D eigenvalue weighted by Gasteiger charge is -2.29. The Morgan fingerprint density at radius 3 is 2.81 bits per heavy atom. The van der Waals surface area contributed by atoms with Crippen LogP contribution >= 0.6 is 11.6 Å². The molecular formula is C23H31ClN4O3. The molecule has 0 aliphatic carbocycles. The molecule has 0 radical (unpaired) electrons. The zero-order chi connectivity index (χ0) is 22.8. The third kappa shape index (κ3) is 7.22. The average molecular weight is 447 g/mol. The number of aromatic nitrogens is 1. The quantitative estimate of drug-likeness (QED) is 0.259. The molecule has 1 atom stereocenters. The number of halogens is 1. The Labute approximate surface area is 188 Å². The van der Waals surface area contributed by atoms with E-state index in [2.05, 4.69) is 35.3 Å². The molecule has 1 N–H and O–H groups in total. The number of allylic oxidation sites excluding steroid dienone is 4. The first-order chi connectivity index (χ1) is 14.9. The summed E-state index contributed by atoms with van der Waals surface area (Å²) in [7, 11) is 0. The van der Waals surface area contributed by atoms with Crippen molar-refractivity contribution in [2.75, 3.05) is 18.0 Å². The predicted molar refractivity (Wildman–Crippen MR) is 126 cm³/mol. The van der Waals surface area contributed by atoms with Crippen LogP contribution in [0, 0.1) is 17.0 Å². The van der Waals surface area contributed by atoms with Gasteiger partial charge in [-0.25, -0.2) is 0 Å². The van der Waals surface area contributed by atoms with E-state index in [1.807, 2.05) is 32.1 Å². The van der Waals surface area contributed by atoms with Gasteiger partial charge in [-0.3, -0.25) is 10.1 Å². The van der Waals surface area contributed by atoms with E-state index in [1.165, 1.54) is 12.1 Å². The van der Waals surface area contributed by atoms with E-state index in [1.54, 1.807) is 6.07 Å². The van der Waals surface area contributed by atoms with Crippen molar-refractivity contribution in [1.29, 1.82) is 0 Å². The van der Waals surface area contributed by atoms with Crippen LogP contribution in [0.15, 0.2) is 47.0 Å². The number of nitro groups is 1. The number of non-ortho nitro benzene ring substituents is 1. The van der Waals surface area contributed by atoms with E-state index in [9.17, 15) is 10.1 Å². The van der Waals surface area contributed by atoms with E-state index in [0.29, 0.717) is 24.5 Å². The summed E-state index contributed by atoms with van der Waals surface area (Å²) in [5.41, 5.74) is 2.81. The molecule has 7 nitrogen and oxygen atoms in total. The molecule has 31 heavy (non-hydrogen) atoms. The summed E-state index contributed by atoms with van der Waals surface area (Å²) >= 11 is 6.36. The third-order valence-corrected chi connectivity index (χ3v) is 5.22. The fourth-order valence-corrected chi connectivity index (χ4v) is 3.60. The second-order valence-corrected chi connectivity index (χ2v) is 7.85. The van der Waals surface area contributed by atoms with Crippen molar-refractivity contribution in [2.24, 2.45) is 0 Å². The Kier molecular flexibility index (Phi) is 9.75. The fraction of sp³-hybridized carbons (Fsp3) is 0.435. The third-order valence-electron chi connectivity index (χ3n) is 4.91. The maximum atomic E-state index is 11.0. The van der Waals surface area contributed by atoms with Crippen molar-refractivity contribution < 1.29 is 9.45 Å². The van der Waals surface area contributed by atoms with Crippen LogP contribution in [0.4, 0.5) is 11.4 Å².